The van der Waals surface area contributed by atoms with Crippen LogP contribution in [0.3, 0.4) is 0 Å². The van der Waals surface area contributed by atoms with Crippen LogP contribution in [0.25, 0.3) is 10.9 Å². The van der Waals surface area contributed by atoms with E-state index in [1.807, 2.05) is 12.1 Å². The average molecular weight is 447 g/mol. The number of sulfonamides is 1. The first-order valence-corrected chi connectivity index (χ1v) is 11.7. The lowest BCUT2D eigenvalue weighted by atomic mass is 10.1. The maximum atomic E-state index is 13.4. The quantitative estimate of drug-likeness (QED) is 0.611. The molecule has 1 saturated carbocycles. The van der Waals surface area contributed by atoms with E-state index in [0.29, 0.717) is 21.9 Å². The third-order valence-corrected chi connectivity index (χ3v) is 7.77. The zero-order chi connectivity index (χ0) is 21.3. The normalized spacial score (nSPS) is 15.2. The monoisotopic (exact) mass is 446 g/mol. The van der Waals surface area contributed by atoms with E-state index in [1.54, 1.807) is 31.4 Å². The van der Waals surface area contributed by atoms with Gasteiger partial charge < -0.3 is 9.72 Å². The molecule has 1 aliphatic carbocycles. The van der Waals surface area contributed by atoms with Crippen LogP contribution in [0.5, 0.6) is 5.75 Å². The molecule has 0 atom stereocenters. The molecule has 0 radical (unpaired) electrons. The minimum Gasteiger partial charge on any atom is -0.497 e. The number of rotatable bonds is 6. The molecule has 1 fully saturated rings. The van der Waals surface area contributed by atoms with E-state index in [4.69, 9.17) is 16.3 Å². The number of nitrogens with one attached hydrogen (secondary N) is 1. The van der Waals surface area contributed by atoms with Crippen LogP contribution in [0.2, 0.25) is 5.02 Å². The fourth-order valence-electron chi connectivity index (χ4n) is 3.98. The topological polar surface area (TPSA) is 79.5 Å². The Morgan fingerprint density at radius 2 is 1.80 bits per heavy atom. The second-order valence-corrected chi connectivity index (χ2v) is 9.85. The molecule has 8 heteroatoms. The Kier molecular flexibility index (Phi) is 5.86. The molecule has 0 amide bonds. The number of methoxy groups -OCH3 is 1. The zero-order valence-electron chi connectivity index (χ0n) is 16.6. The largest absolute Gasteiger partial charge is 0.497 e. The number of hydrogen-bond acceptors (Lipinski definition) is 4. The number of ether oxygens (including phenoxy) is 1. The van der Waals surface area contributed by atoms with Gasteiger partial charge in [0.2, 0.25) is 10.0 Å². The van der Waals surface area contributed by atoms with Gasteiger partial charge >= 0.3 is 0 Å². The first-order valence-electron chi connectivity index (χ1n) is 9.86. The first kappa shape index (κ1) is 20.9. The summed E-state index contributed by atoms with van der Waals surface area (Å²) in [6, 6.07) is 13.2. The lowest BCUT2D eigenvalue weighted by molar-refractivity contribution is 0.315. The molecule has 158 valence electrons. The molecule has 3 aromatic rings. The van der Waals surface area contributed by atoms with Gasteiger partial charge in [0.25, 0.3) is 5.56 Å². The Labute approximate surface area is 180 Å². The zero-order valence-corrected chi connectivity index (χ0v) is 18.2. The third-order valence-electron chi connectivity index (χ3n) is 5.61. The molecule has 1 aliphatic rings. The van der Waals surface area contributed by atoms with Gasteiger partial charge in [0.05, 0.1) is 17.5 Å². The molecule has 0 spiro atoms. The molecule has 1 aromatic heterocycles. The summed E-state index contributed by atoms with van der Waals surface area (Å²) >= 11 is 5.93. The van der Waals surface area contributed by atoms with Gasteiger partial charge in [-0.3, -0.25) is 4.79 Å². The summed E-state index contributed by atoms with van der Waals surface area (Å²) in [4.78, 5) is 15.8. The van der Waals surface area contributed by atoms with Crippen molar-refractivity contribution in [2.45, 2.75) is 43.2 Å². The van der Waals surface area contributed by atoms with E-state index in [1.165, 1.54) is 16.4 Å². The molecule has 0 bridgehead atoms. The van der Waals surface area contributed by atoms with Gasteiger partial charge in [0.1, 0.15) is 5.75 Å². The van der Waals surface area contributed by atoms with Crippen LogP contribution in [0.4, 0.5) is 0 Å². The van der Waals surface area contributed by atoms with E-state index in [0.717, 1.165) is 31.1 Å². The highest BCUT2D eigenvalue weighted by atomic mass is 35.5. The van der Waals surface area contributed by atoms with Crippen LogP contribution in [0.15, 0.2) is 58.2 Å². The van der Waals surface area contributed by atoms with Crippen molar-refractivity contribution in [2.24, 2.45) is 0 Å². The van der Waals surface area contributed by atoms with Crippen LogP contribution < -0.4 is 10.3 Å². The van der Waals surface area contributed by atoms with Gasteiger partial charge in [0, 0.05) is 29.2 Å². The molecule has 1 heterocycles. The summed E-state index contributed by atoms with van der Waals surface area (Å²) in [5.74, 6) is 0.642. The number of aromatic nitrogens is 1. The molecule has 2 aromatic carbocycles. The Bertz CT molecular complexity index is 1220. The van der Waals surface area contributed by atoms with Crippen molar-refractivity contribution in [1.82, 2.24) is 9.29 Å². The molecule has 0 unspecified atom stereocenters. The summed E-state index contributed by atoms with van der Waals surface area (Å²) in [7, 11) is -2.21. The second kappa shape index (κ2) is 8.41. The van der Waals surface area contributed by atoms with Crippen molar-refractivity contribution < 1.29 is 13.2 Å². The second-order valence-electron chi connectivity index (χ2n) is 7.52. The molecule has 1 N–H and O–H groups in total. The third kappa shape index (κ3) is 4.10. The van der Waals surface area contributed by atoms with Crippen LogP contribution in [-0.4, -0.2) is 30.9 Å². The highest BCUT2D eigenvalue weighted by Gasteiger charge is 2.34. The Morgan fingerprint density at radius 3 is 2.47 bits per heavy atom. The van der Waals surface area contributed by atoms with Gasteiger partial charge in [-0.05, 0) is 60.7 Å². The van der Waals surface area contributed by atoms with Crippen LogP contribution >= 0.6 is 11.6 Å². The fourth-order valence-corrected chi connectivity index (χ4v) is 5.77. The van der Waals surface area contributed by atoms with Crippen molar-refractivity contribution >= 4 is 32.5 Å². The number of H-pyrrole nitrogens is 1. The number of fused-ring (bicyclic) bond motifs is 1. The van der Waals surface area contributed by atoms with Crippen molar-refractivity contribution in [2.75, 3.05) is 7.11 Å². The molecule has 6 nitrogen and oxygen atoms in total. The number of halogens is 1. The maximum absolute atomic E-state index is 13.4. The SMILES string of the molecule is COc1ccc2cc(CN(C3CCCC3)S(=O)(=O)c3ccc(Cl)cc3)c(=O)[nH]c2c1. The lowest BCUT2D eigenvalue weighted by Crippen LogP contribution is -2.39. The standard InChI is InChI=1S/C22H23ClN2O4S/c1-29-19-9-6-15-12-16(22(26)24-21(15)13-19)14-25(18-4-2-3-5-18)30(27,28)20-10-7-17(23)8-11-20/h6-13,18H,2-5,14H2,1H3,(H,24,26). The van der Waals surface area contributed by atoms with Crippen molar-refractivity contribution in [3.63, 3.8) is 0 Å². The van der Waals surface area contributed by atoms with E-state index < -0.39 is 10.0 Å². The molecule has 4 rings (SSSR count). The van der Waals surface area contributed by atoms with Crippen LogP contribution in [-0.2, 0) is 16.6 Å². The molecular weight excluding hydrogens is 424 g/mol. The fraction of sp³-hybridized carbons (Fsp3) is 0.318. The summed E-state index contributed by atoms with van der Waals surface area (Å²) < 4.78 is 33.6. The molecule has 0 saturated heterocycles. The number of nitrogens with zero attached hydrogens (tertiary/aromatic N) is 1. The summed E-state index contributed by atoms with van der Waals surface area (Å²) in [5, 5.41) is 1.29. The molecule has 0 aliphatic heterocycles. The van der Waals surface area contributed by atoms with Crippen molar-refractivity contribution in [3.05, 3.63) is 69.5 Å². The highest BCUT2D eigenvalue weighted by Crippen LogP contribution is 2.31. The van der Waals surface area contributed by atoms with Gasteiger partial charge in [-0.15, -0.1) is 0 Å². The predicted octanol–water partition coefficient (Wildman–Crippen LogP) is 4.32. The summed E-state index contributed by atoms with van der Waals surface area (Å²) in [6.07, 6.45) is 3.53. The minimum atomic E-state index is -3.78. The minimum absolute atomic E-state index is 0.0208. The van der Waals surface area contributed by atoms with E-state index in [9.17, 15) is 13.2 Å². The average Bonchev–Trinajstić information content (AvgIpc) is 3.26. The molecule has 30 heavy (non-hydrogen) atoms. The summed E-state index contributed by atoms with van der Waals surface area (Å²) in [5.41, 5.74) is 0.762. The van der Waals surface area contributed by atoms with Crippen LogP contribution in [0.1, 0.15) is 31.2 Å². The predicted molar refractivity (Wildman–Crippen MR) is 118 cm³/mol. The van der Waals surface area contributed by atoms with Crippen molar-refractivity contribution in [1.29, 1.82) is 0 Å². The number of hydrogen-bond donors (Lipinski definition) is 1. The van der Waals surface area contributed by atoms with Gasteiger partial charge in [-0.1, -0.05) is 24.4 Å². The van der Waals surface area contributed by atoms with Crippen molar-refractivity contribution in [3.8, 4) is 5.75 Å². The van der Waals surface area contributed by atoms with Crippen LogP contribution in [0, 0.1) is 0 Å². The first-order chi connectivity index (χ1) is 14.4. The van der Waals surface area contributed by atoms with Gasteiger partial charge in [-0.2, -0.15) is 4.31 Å². The van der Waals surface area contributed by atoms with Gasteiger partial charge in [-0.25, -0.2) is 8.42 Å². The Hall–Kier alpha value is -2.35. The van der Waals surface area contributed by atoms with E-state index in [2.05, 4.69) is 4.98 Å². The number of aromatic amines is 1. The van der Waals surface area contributed by atoms with E-state index in [-0.39, 0.29) is 23.0 Å². The number of benzene rings is 2. The van der Waals surface area contributed by atoms with Gasteiger partial charge in [0.15, 0.2) is 0 Å². The Morgan fingerprint density at radius 1 is 1.10 bits per heavy atom. The summed E-state index contributed by atoms with van der Waals surface area (Å²) in [6.45, 7) is 0.0208. The number of pyridine rings is 1. The molecular formula is C22H23ClN2O4S. The lowest BCUT2D eigenvalue weighted by Gasteiger charge is -2.28. The Balaban J connectivity index is 1.75. The maximum Gasteiger partial charge on any atom is 0.252 e. The smallest absolute Gasteiger partial charge is 0.252 e. The van der Waals surface area contributed by atoms with E-state index >= 15 is 0 Å². The highest BCUT2D eigenvalue weighted by molar-refractivity contribution is 7.89.